The van der Waals surface area contributed by atoms with E-state index in [4.69, 9.17) is 0 Å². The van der Waals surface area contributed by atoms with Crippen LogP contribution in [0.5, 0.6) is 0 Å². The fourth-order valence-corrected chi connectivity index (χ4v) is 3.85. The summed E-state index contributed by atoms with van der Waals surface area (Å²) in [6.07, 6.45) is 2.69. The third-order valence-corrected chi connectivity index (χ3v) is 5.73. The molecule has 0 atom stereocenters. The van der Waals surface area contributed by atoms with Crippen LogP contribution in [0.1, 0.15) is 38.4 Å². The maximum absolute atomic E-state index is 13.2. The summed E-state index contributed by atoms with van der Waals surface area (Å²) in [5.41, 5.74) is 7.48. The Kier molecular flexibility index (Phi) is 4.67. The average Bonchev–Trinajstić information content (AvgIpc) is 2.95. The smallest absolute Gasteiger partial charge is 0.255 e. The van der Waals surface area contributed by atoms with E-state index in [1.54, 1.807) is 0 Å². The van der Waals surface area contributed by atoms with Crippen LogP contribution in [0.4, 0.5) is 11.5 Å². The second-order valence-corrected chi connectivity index (χ2v) is 7.61. The van der Waals surface area contributed by atoms with E-state index >= 15 is 0 Å². The highest BCUT2D eigenvalue weighted by Crippen LogP contribution is 2.28. The van der Waals surface area contributed by atoms with Crippen molar-refractivity contribution in [2.45, 2.75) is 33.7 Å². The second-order valence-electron chi connectivity index (χ2n) is 7.61. The molecule has 0 fully saturated rings. The first-order valence-electron chi connectivity index (χ1n) is 9.66. The number of carbonyl (C=O) groups is 1. The molecule has 28 heavy (non-hydrogen) atoms. The number of anilines is 2. The van der Waals surface area contributed by atoms with E-state index in [2.05, 4.69) is 40.0 Å². The number of carbonyl (C=O) groups excluding carboxylic acids is 1. The van der Waals surface area contributed by atoms with Gasteiger partial charge in [0.25, 0.3) is 5.91 Å². The number of pyridine rings is 1. The van der Waals surface area contributed by atoms with Crippen molar-refractivity contribution in [2.24, 2.45) is 7.05 Å². The Bertz CT molecular complexity index is 1050. The van der Waals surface area contributed by atoms with Crippen LogP contribution in [-0.2, 0) is 20.0 Å². The van der Waals surface area contributed by atoms with E-state index in [0.717, 1.165) is 47.0 Å². The molecule has 0 bridgehead atoms. The molecule has 1 aromatic carbocycles. The van der Waals surface area contributed by atoms with Gasteiger partial charge in [-0.05, 0) is 62.6 Å². The number of hydrogen-bond donors (Lipinski definition) is 1. The Morgan fingerprint density at radius 2 is 1.96 bits per heavy atom. The van der Waals surface area contributed by atoms with Gasteiger partial charge in [0.1, 0.15) is 5.82 Å². The van der Waals surface area contributed by atoms with Gasteiger partial charge < -0.3 is 14.8 Å². The second kappa shape index (κ2) is 7.15. The van der Waals surface area contributed by atoms with E-state index in [9.17, 15) is 4.79 Å². The monoisotopic (exact) mass is 374 g/mol. The van der Waals surface area contributed by atoms with Crippen LogP contribution < -0.4 is 5.32 Å². The van der Waals surface area contributed by atoms with Gasteiger partial charge in [-0.15, -0.1) is 0 Å². The maximum Gasteiger partial charge on any atom is 0.255 e. The predicted octanol–water partition coefficient (Wildman–Crippen LogP) is 4.29. The number of amides is 1. The van der Waals surface area contributed by atoms with Crippen molar-refractivity contribution in [3.05, 3.63) is 76.2 Å². The normalized spacial score (nSPS) is 13.4. The van der Waals surface area contributed by atoms with Crippen molar-refractivity contribution < 1.29 is 4.79 Å². The highest BCUT2D eigenvalue weighted by Gasteiger charge is 2.26. The van der Waals surface area contributed by atoms with E-state index < -0.39 is 0 Å². The fourth-order valence-electron chi connectivity index (χ4n) is 3.85. The molecule has 3 heterocycles. The lowest BCUT2D eigenvalue weighted by Gasteiger charge is -2.30. The zero-order valence-electron chi connectivity index (χ0n) is 16.9. The van der Waals surface area contributed by atoms with Gasteiger partial charge in [0, 0.05) is 49.0 Å². The molecule has 3 aromatic rings. The predicted molar refractivity (Wildman–Crippen MR) is 112 cm³/mol. The Morgan fingerprint density at radius 1 is 1.14 bits per heavy atom. The lowest BCUT2D eigenvalue weighted by atomic mass is 10.00. The molecule has 1 aliphatic rings. The molecule has 5 nitrogen and oxygen atoms in total. The highest BCUT2D eigenvalue weighted by molar-refractivity contribution is 5.96. The summed E-state index contributed by atoms with van der Waals surface area (Å²) < 4.78 is 2.07. The van der Waals surface area contributed by atoms with Crippen LogP contribution in [-0.4, -0.2) is 26.9 Å². The van der Waals surface area contributed by atoms with Gasteiger partial charge in [0.05, 0.1) is 5.56 Å². The van der Waals surface area contributed by atoms with Gasteiger partial charge in [-0.1, -0.05) is 12.1 Å². The maximum atomic E-state index is 13.2. The number of aromatic nitrogens is 2. The Balaban J connectivity index is 1.62. The number of nitrogens with zero attached hydrogens (tertiary/aromatic N) is 3. The summed E-state index contributed by atoms with van der Waals surface area (Å²) in [6.45, 7) is 7.41. The number of nitrogens with one attached hydrogen (secondary N) is 1. The molecule has 1 amide bonds. The minimum absolute atomic E-state index is 0.0946. The molecule has 0 aliphatic carbocycles. The molecule has 5 heteroatoms. The Hall–Kier alpha value is -3.08. The number of fused-ring (bicyclic) bond motifs is 1. The van der Waals surface area contributed by atoms with Crippen LogP contribution in [0.25, 0.3) is 0 Å². The van der Waals surface area contributed by atoms with Gasteiger partial charge in [-0.25, -0.2) is 4.98 Å². The molecule has 0 saturated carbocycles. The van der Waals surface area contributed by atoms with E-state index in [1.165, 1.54) is 11.1 Å². The number of benzene rings is 1. The minimum atomic E-state index is 0.0946. The molecule has 0 spiro atoms. The van der Waals surface area contributed by atoms with Crippen molar-refractivity contribution >= 4 is 17.4 Å². The van der Waals surface area contributed by atoms with Gasteiger partial charge in [-0.2, -0.15) is 0 Å². The molecule has 0 saturated heterocycles. The molecule has 4 rings (SSSR count). The Morgan fingerprint density at radius 3 is 2.68 bits per heavy atom. The lowest BCUT2D eigenvalue weighted by Crippen LogP contribution is -2.36. The van der Waals surface area contributed by atoms with Gasteiger partial charge in [-0.3, -0.25) is 4.79 Å². The summed E-state index contributed by atoms with van der Waals surface area (Å²) in [5, 5.41) is 3.44. The van der Waals surface area contributed by atoms with Crippen molar-refractivity contribution in [3.63, 3.8) is 0 Å². The highest BCUT2D eigenvalue weighted by atomic mass is 16.2. The quantitative estimate of drug-likeness (QED) is 0.744. The van der Waals surface area contributed by atoms with Crippen LogP contribution in [0, 0.1) is 20.8 Å². The van der Waals surface area contributed by atoms with Gasteiger partial charge in [0.15, 0.2) is 0 Å². The summed E-state index contributed by atoms with van der Waals surface area (Å²) >= 11 is 0. The standard InChI is InChI=1S/C23H26N4O/c1-15-6-5-7-19(12-15)25-22-21-14-27(11-9-18(21)8-10-24-22)23(28)20-13-16(2)26(4)17(20)3/h5-8,10,12-13H,9,11,14H2,1-4H3,(H,24,25). The first kappa shape index (κ1) is 18.3. The Labute approximate surface area is 166 Å². The van der Waals surface area contributed by atoms with Crippen molar-refractivity contribution in [2.75, 3.05) is 11.9 Å². The van der Waals surface area contributed by atoms with Crippen LogP contribution in [0.2, 0.25) is 0 Å². The SMILES string of the molecule is Cc1cccc(Nc2nccc3c2CN(C(=O)c2cc(C)n(C)c2C)CC3)c1. The molecule has 1 N–H and O–H groups in total. The summed E-state index contributed by atoms with van der Waals surface area (Å²) in [7, 11) is 2.00. The van der Waals surface area contributed by atoms with E-state index in [1.807, 2.05) is 50.2 Å². The number of rotatable bonds is 3. The molecule has 0 radical (unpaired) electrons. The fraction of sp³-hybridized carbons (Fsp3) is 0.304. The average molecular weight is 374 g/mol. The summed E-state index contributed by atoms with van der Waals surface area (Å²) in [5.74, 6) is 0.929. The minimum Gasteiger partial charge on any atom is -0.351 e. The van der Waals surface area contributed by atoms with Crippen molar-refractivity contribution in [1.82, 2.24) is 14.5 Å². The van der Waals surface area contributed by atoms with Gasteiger partial charge in [0.2, 0.25) is 0 Å². The topological polar surface area (TPSA) is 50.2 Å². The molecular formula is C23H26N4O. The zero-order chi connectivity index (χ0) is 19.8. The molecular weight excluding hydrogens is 348 g/mol. The third-order valence-electron chi connectivity index (χ3n) is 5.73. The van der Waals surface area contributed by atoms with Crippen molar-refractivity contribution in [1.29, 1.82) is 0 Å². The van der Waals surface area contributed by atoms with E-state index in [-0.39, 0.29) is 5.91 Å². The lowest BCUT2D eigenvalue weighted by molar-refractivity contribution is 0.0734. The van der Waals surface area contributed by atoms with Gasteiger partial charge >= 0.3 is 0 Å². The first-order chi connectivity index (χ1) is 13.4. The zero-order valence-corrected chi connectivity index (χ0v) is 16.9. The molecule has 2 aromatic heterocycles. The summed E-state index contributed by atoms with van der Waals surface area (Å²) in [6, 6.07) is 12.3. The summed E-state index contributed by atoms with van der Waals surface area (Å²) in [4.78, 5) is 19.7. The molecule has 0 unspecified atom stereocenters. The number of aryl methyl sites for hydroxylation is 2. The third kappa shape index (κ3) is 3.28. The van der Waals surface area contributed by atoms with E-state index in [0.29, 0.717) is 6.54 Å². The molecule has 1 aliphatic heterocycles. The molecule has 144 valence electrons. The number of hydrogen-bond acceptors (Lipinski definition) is 3. The van der Waals surface area contributed by atoms with Crippen LogP contribution in [0.3, 0.4) is 0 Å². The van der Waals surface area contributed by atoms with Crippen molar-refractivity contribution in [3.8, 4) is 0 Å². The van der Waals surface area contributed by atoms with Crippen LogP contribution >= 0.6 is 0 Å². The first-order valence-corrected chi connectivity index (χ1v) is 9.66. The largest absolute Gasteiger partial charge is 0.351 e. The van der Waals surface area contributed by atoms with Crippen LogP contribution in [0.15, 0.2) is 42.6 Å².